The first-order valence-electron chi connectivity index (χ1n) is 8.47. The molecule has 2 aromatic heterocycles. The summed E-state index contributed by atoms with van der Waals surface area (Å²) in [6, 6.07) is 3.96. The van der Waals surface area contributed by atoms with E-state index in [9.17, 15) is 4.79 Å². The molecule has 0 bridgehead atoms. The Bertz CT molecular complexity index is 709. The number of nitrogens with zero attached hydrogens (tertiary/aromatic N) is 3. The van der Waals surface area contributed by atoms with Gasteiger partial charge in [0.15, 0.2) is 5.82 Å². The van der Waals surface area contributed by atoms with E-state index in [1.165, 1.54) is 0 Å². The SMILES string of the molecule is CC(C)(C)OC(=O)NC1CCC(c2cc(Nc3ccnnc3)n[nH]2)C1. The number of alkyl carbamates (subject to hydrolysis) is 1. The zero-order valence-electron chi connectivity index (χ0n) is 14.7. The van der Waals surface area contributed by atoms with E-state index in [0.29, 0.717) is 5.92 Å². The fraction of sp³-hybridized carbons (Fsp3) is 0.529. The molecule has 134 valence electrons. The van der Waals surface area contributed by atoms with Crippen LogP contribution < -0.4 is 10.6 Å². The molecule has 1 saturated carbocycles. The van der Waals surface area contributed by atoms with Crippen LogP contribution in [-0.2, 0) is 4.74 Å². The lowest BCUT2D eigenvalue weighted by Gasteiger charge is -2.21. The van der Waals surface area contributed by atoms with E-state index in [1.54, 1.807) is 12.4 Å². The Morgan fingerprint density at radius 2 is 2.16 bits per heavy atom. The fourth-order valence-electron chi connectivity index (χ4n) is 2.99. The predicted octanol–water partition coefficient (Wildman–Crippen LogP) is 3.10. The van der Waals surface area contributed by atoms with E-state index in [2.05, 4.69) is 31.0 Å². The minimum absolute atomic E-state index is 0.129. The van der Waals surface area contributed by atoms with Gasteiger partial charge in [-0.05, 0) is 46.1 Å². The smallest absolute Gasteiger partial charge is 0.407 e. The molecular formula is C17H24N6O2. The van der Waals surface area contributed by atoms with Crippen LogP contribution in [0.4, 0.5) is 16.3 Å². The number of ether oxygens (including phenoxy) is 1. The first-order chi connectivity index (χ1) is 11.9. The van der Waals surface area contributed by atoms with Crippen LogP contribution in [0.1, 0.15) is 51.6 Å². The summed E-state index contributed by atoms with van der Waals surface area (Å²) in [6.07, 6.45) is 5.72. The van der Waals surface area contributed by atoms with Crippen molar-refractivity contribution in [3.8, 4) is 0 Å². The lowest BCUT2D eigenvalue weighted by atomic mass is 10.0. The molecular weight excluding hydrogens is 320 g/mol. The third-order valence-electron chi connectivity index (χ3n) is 4.05. The van der Waals surface area contributed by atoms with Crippen LogP contribution in [0.2, 0.25) is 0 Å². The molecule has 3 rings (SSSR count). The molecule has 0 saturated heterocycles. The molecule has 25 heavy (non-hydrogen) atoms. The number of aromatic amines is 1. The van der Waals surface area contributed by atoms with Crippen molar-refractivity contribution in [2.45, 2.75) is 57.6 Å². The third-order valence-corrected chi connectivity index (χ3v) is 4.05. The number of carbonyl (C=O) groups is 1. The Labute approximate surface area is 146 Å². The standard InChI is InChI=1S/C17H24N6O2/c1-17(2,3)25-16(24)21-12-5-4-11(8-12)14-9-15(23-22-14)20-13-6-7-18-19-10-13/h6-7,9-12H,4-5,8H2,1-3H3,(H,21,24)(H2,18,20,22,23). The van der Waals surface area contributed by atoms with Gasteiger partial charge < -0.3 is 15.4 Å². The van der Waals surface area contributed by atoms with Crippen molar-refractivity contribution < 1.29 is 9.53 Å². The molecule has 0 radical (unpaired) electrons. The molecule has 3 N–H and O–H groups in total. The summed E-state index contributed by atoms with van der Waals surface area (Å²) in [6.45, 7) is 5.59. The molecule has 2 atom stereocenters. The molecule has 2 unspecified atom stereocenters. The molecule has 0 aromatic carbocycles. The minimum atomic E-state index is -0.478. The van der Waals surface area contributed by atoms with E-state index in [1.807, 2.05) is 32.9 Å². The monoisotopic (exact) mass is 344 g/mol. The maximum Gasteiger partial charge on any atom is 0.407 e. The van der Waals surface area contributed by atoms with Crippen molar-refractivity contribution in [1.82, 2.24) is 25.7 Å². The highest BCUT2D eigenvalue weighted by molar-refractivity contribution is 5.68. The van der Waals surface area contributed by atoms with Crippen LogP contribution in [0.15, 0.2) is 24.5 Å². The van der Waals surface area contributed by atoms with Gasteiger partial charge >= 0.3 is 6.09 Å². The molecule has 1 fully saturated rings. The number of hydrogen-bond acceptors (Lipinski definition) is 6. The number of rotatable bonds is 4. The van der Waals surface area contributed by atoms with Gasteiger partial charge in [0, 0.05) is 23.7 Å². The summed E-state index contributed by atoms with van der Waals surface area (Å²) in [5, 5.41) is 21.1. The Morgan fingerprint density at radius 3 is 2.88 bits per heavy atom. The molecule has 2 heterocycles. The van der Waals surface area contributed by atoms with Crippen molar-refractivity contribution in [3.05, 3.63) is 30.2 Å². The first-order valence-corrected chi connectivity index (χ1v) is 8.47. The second kappa shape index (κ2) is 7.08. The molecule has 0 aliphatic heterocycles. The van der Waals surface area contributed by atoms with E-state index in [-0.39, 0.29) is 12.1 Å². The maximum atomic E-state index is 11.9. The molecule has 1 amide bonds. The predicted molar refractivity (Wildman–Crippen MR) is 93.7 cm³/mol. The quantitative estimate of drug-likeness (QED) is 0.787. The Hall–Kier alpha value is -2.64. The molecule has 8 nitrogen and oxygen atoms in total. The van der Waals surface area contributed by atoms with Gasteiger partial charge in [-0.3, -0.25) is 5.10 Å². The van der Waals surface area contributed by atoms with Crippen LogP contribution in [-0.4, -0.2) is 38.1 Å². The van der Waals surface area contributed by atoms with Crippen LogP contribution in [0.25, 0.3) is 0 Å². The summed E-state index contributed by atoms with van der Waals surface area (Å²) >= 11 is 0. The molecule has 8 heteroatoms. The Balaban J connectivity index is 1.53. The van der Waals surface area contributed by atoms with E-state index in [0.717, 1.165) is 36.5 Å². The second-order valence-corrected chi connectivity index (χ2v) is 7.32. The van der Waals surface area contributed by atoms with Crippen molar-refractivity contribution in [1.29, 1.82) is 0 Å². The van der Waals surface area contributed by atoms with Crippen LogP contribution >= 0.6 is 0 Å². The van der Waals surface area contributed by atoms with Gasteiger partial charge in [0.1, 0.15) is 5.60 Å². The third kappa shape index (κ3) is 4.91. The number of amides is 1. The Morgan fingerprint density at radius 1 is 1.32 bits per heavy atom. The topological polar surface area (TPSA) is 105 Å². The van der Waals surface area contributed by atoms with Crippen LogP contribution in [0.5, 0.6) is 0 Å². The van der Waals surface area contributed by atoms with Gasteiger partial charge in [-0.2, -0.15) is 15.3 Å². The zero-order chi connectivity index (χ0) is 17.9. The summed E-state index contributed by atoms with van der Waals surface area (Å²) < 4.78 is 5.32. The number of hydrogen-bond donors (Lipinski definition) is 3. The van der Waals surface area contributed by atoms with Gasteiger partial charge in [-0.25, -0.2) is 4.79 Å². The zero-order valence-corrected chi connectivity index (χ0v) is 14.7. The van der Waals surface area contributed by atoms with Crippen LogP contribution in [0, 0.1) is 0 Å². The number of anilines is 2. The van der Waals surface area contributed by atoms with Gasteiger partial charge in [-0.1, -0.05) is 0 Å². The van der Waals surface area contributed by atoms with E-state index in [4.69, 9.17) is 4.74 Å². The number of H-pyrrole nitrogens is 1. The number of carbonyl (C=O) groups excluding carboxylic acids is 1. The number of nitrogens with one attached hydrogen (secondary N) is 3. The normalized spacial score (nSPS) is 20.3. The van der Waals surface area contributed by atoms with E-state index >= 15 is 0 Å². The lowest BCUT2D eigenvalue weighted by Crippen LogP contribution is -2.37. The second-order valence-electron chi connectivity index (χ2n) is 7.32. The highest BCUT2D eigenvalue weighted by atomic mass is 16.6. The van der Waals surface area contributed by atoms with E-state index < -0.39 is 5.60 Å². The summed E-state index contributed by atoms with van der Waals surface area (Å²) in [5.41, 5.74) is 1.43. The van der Waals surface area contributed by atoms with Crippen molar-refractivity contribution >= 4 is 17.6 Å². The van der Waals surface area contributed by atoms with Gasteiger partial charge in [0.2, 0.25) is 0 Å². The Kier molecular flexibility index (Phi) is 4.87. The molecule has 1 aliphatic rings. The van der Waals surface area contributed by atoms with Crippen LogP contribution in [0.3, 0.4) is 0 Å². The van der Waals surface area contributed by atoms with Gasteiger partial charge in [0.05, 0.1) is 18.1 Å². The number of aromatic nitrogens is 4. The minimum Gasteiger partial charge on any atom is -0.444 e. The highest BCUT2D eigenvalue weighted by Crippen LogP contribution is 2.34. The van der Waals surface area contributed by atoms with Crippen molar-refractivity contribution in [3.63, 3.8) is 0 Å². The maximum absolute atomic E-state index is 11.9. The first kappa shape index (κ1) is 17.2. The summed E-state index contributed by atoms with van der Waals surface area (Å²) in [7, 11) is 0. The molecule has 0 spiro atoms. The average Bonchev–Trinajstić information content (AvgIpc) is 3.15. The summed E-state index contributed by atoms with van der Waals surface area (Å²) in [4.78, 5) is 11.9. The summed E-state index contributed by atoms with van der Waals surface area (Å²) in [5.74, 6) is 1.09. The average molecular weight is 344 g/mol. The molecule has 1 aliphatic carbocycles. The molecule has 2 aromatic rings. The van der Waals surface area contributed by atoms with Crippen molar-refractivity contribution in [2.75, 3.05) is 5.32 Å². The van der Waals surface area contributed by atoms with Crippen molar-refractivity contribution in [2.24, 2.45) is 0 Å². The fourth-order valence-corrected chi connectivity index (χ4v) is 2.99. The van der Waals surface area contributed by atoms with Gasteiger partial charge in [-0.15, -0.1) is 0 Å². The van der Waals surface area contributed by atoms with Gasteiger partial charge in [0.25, 0.3) is 0 Å². The lowest BCUT2D eigenvalue weighted by molar-refractivity contribution is 0.0505. The highest BCUT2D eigenvalue weighted by Gasteiger charge is 2.29. The largest absolute Gasteiger partial charge is 0.444 e.